The fraction of sp³-hybridized carbons (Fsp3) is 0.579. The summed E-state index contributed by atoms with van der Waals surface area (Å²) in [6.07, 6.45) is 5.89. The Kier molecular flexibility index (Phi) is 4.99. The molecule has 4 heteroatoms. The lowest BCUT2D eigenvalue weighted by Gasteiger charge is -2.27. The number of benzene rings is 1. The number of unbranched alkanes of at least 4 members (excludes halogenated alkanes) is 1. The van der Waals surface area contributed by atoms with Crippen LogP contribution in [-0.2, 0) is 16.0 Å². The topological polar surface area (TPSA) is 66.4 Å². The van der Waals surface area contributed by atoms with Gasteiger partial charge in [0.15, 0.2) is 0 Å². The van der Waals surface area contributed by atoms with E-state index in [9.17, 15) is 14.7 Å². The molecule has 2 N–H and O–H groups in total. The van der Waals surface area contributed by atoms with Gasteiger partial charge in [0.05, 0.1) is 11.8 Å². The summed E-state index contributed by atoms with van der Waals surface area (Å²) >= 11 is 0. The van der Waals surface area contributed by atoms with Crippen LogP contribution in [0.2, 0.25) is 0 Å². The first kappa shape index (κ1) is 16.0. The van der Waals surface area contributed by atoms with Gasteiger partial charge >= 0.3 is 5.97 Å². The molecular weight excluding hydrogens is 290 g/mol. The molecule has 4 nitrogen and oxygen atoms in total. The number of hydrogen-bond acceptors (Lipinski definition) is 2. The van der Waals surface area contributed by atoms with Gasteiger partial charge in [-0.3, -0.25) is 9.59 Å². The molecule has 0 radical (unpaired) electrons. The molecule has 124 valence electrons. The Morgan fingerprint density at radius 2 is 1.74 bits per heavy atom. The molecule has 1 aromatic carbocycles. The van der Waals surface area contributed by atoms with Gasteiger partial charge in [-0.15, -0.1) is 0 Å². The molecule has 0 aliphatic heterocycles. The van der Waals surface area contributed by atoms with Gasteiger partial charge in [0.25, 0.3) is 0 Å². The molecule has 4 atom stereocenters. The van der Waals surface area contributed by atoms with Gasteiger partial charge < -0.3 is 10.4 Å². The number of carbonyl (C=O) groups excluding carboxylic acids is 1. The van der Waals surface area contributed by atoms with E-state index in [0.717, 1.165) is 38.5 Å². The summed E-state index contributed by atoms with van der Waals surface area (Å²) in [6, 6.07) is 10.3. The molecule has 23 heavy (non-hydrogen) atoms. The van der Waals surface area contributed by atoms with Crippen molar-refractivity contribution in [3.63, 3.8) is 0 Å². The van der Waals surface area contributed by atoms with E-state index >= 15 is 0 Å². The van der Waals surface area contributed by atoms with Crippen LogP contribution in [0.3, 0.4) is 0 Å². The van der Waals surface area contributed by atoms with Crippen molar-refractivity contribution in [2.45, 2.75) is 38.5 Å². The number of hydrogen-bond donors (Lipinski definition) is 2. The van der Waals surface area contributed by atoms with E-state index in [1.807, 2.05) is 18.2 Å². The maximum Gasteiger partial charge on any atom is 0.307 e. The third kappa shape index (κ3) is 3.57. The molecule has 1 aromatic rings. The number of aryl methyl sites for hydroxylation is 1. The Labute approximate surface area is 137 Å². The number of carbonyl (C=O) groups is 2. The molecular formula is C19H25NO3. The monoisotopic (exact) mass is 315 g/mol. The fourth-order valence-corrected chi connectivity index (χ4v) is 4.45. The van der Waals surface area contributed by atoms with Crippen molar-refractivity contribution in [2.24, 2.45) is 23.7 Å². The van der Waals surface area contributed by atoms with Crippen LogP contribution in [0, 0.1) is 23.7 Å². The number of carboxylic acids is 1. The summed E-state index contributed by atoms with van der Waals surface area (Å²) < 4.78 is 0. The van der Waals surface area contributed by atoms with Gasteiger partial charge in [-0.05, 0) is 55.9 Å². The largest absolute Gasteiger partial charge is 0.481 e. The second-order valence-corrected chi connectivity index (χ2v) is 6.96. The van der Waals surface area contributed by atoms with Crippen LogP contribution in [0.25, 0.3) is 0 Å². The number of fused-ring (bicyclic) bond motifs is 2. The molecule has 2 aliphatic carbocycles. The Morgan fingerprint density at radius 1 is 1.04 bits per heavy atom. The second-order valence-electron chi connectivity index (χ2n) is 6.96. The highest BCUT2D eigenvalue weighted by Crippen LogP contribution is 2.52. The van der Waals surface area contributed by atoms with E-state index in [-0.39, 0.29) is 23.7 Å². The molecule has 2 saturated carbocycles. The van der Waals surface area contributed by atoms with Gasteiger partial charge in [-0.2, -0.15) is 0 Å². The van der Waals surface area contributed by atoms with Crippen LogP contribution < -0.4 is 5.32 Å². The van der Waals surface area contributed by atoms with Crippen molar-refractivity contribution >= 4 is 11.9 Å². The lowest BCUT2D eigenvalue weighted by Crippen LogP contribution is -2.41. The predicted molar refractivity (Wildman–Crippen MR) is 87.8 cm³/mol. The molecule has 3 rings (SSSR count). The van der Waals surface area contributed by atoms with Gasteiger partial charge in [-0.1, -0.05) is 30.3 Å². The number of carboxylic acid groups (broad SMARTS) is 1. The average Bonchev–Trinajstić information content (AvgIpc) is 3.16. The fourth-order valence-electron chi connectivity index (χ4n) is 4.45. The first-order valence-corrected chi connectivity index (χ1v) is 8.71. The predicted octanol–water partition coefficient (Wildman–Crippen LogP) is 2.87. The van der Waals surface area contributed by atoms with E-state index in [1.165, 1.54) is 5.56 Å². The highest BCUT2D eigenvalue weighted by molar-refractivity contribution is 5.86. The molecule has 2 fully saturated rings. The standard InChI is InChI=1S/C19H25NO3/c21-18(16-14-9-10-15(12-14)17(16)19(22)23)20-11-5-4-8-13-6-2-1-3-7-13/h1-3,6-7,14-17H,4-5,8-12H2,(H,20,21)(H,22,23)/t14-,15-,16+,17+/m0/s1. The first-order valence-electron chi connectivity index (χ1n) is 8.71. The first-order chi connectivity index (χ1) is 11.2. The minimum absolute atomic E-state index is 0.0377. The molecule has 0 heterocycles. The maximum atomic E-state index is 12.4. The summed E-state index contributed by atoms with van der Waals surface area (Å²) in [6.45, 7) is 0.645. The molecule has 2 bridgehead atoms. The Bertz CT molecular complexity index is 557. The SMILES string of the molecule is O=C(O)[C@@H]1[C@H]2CC[C@@H](C2)[C@H]1C(=O)NCCCCc1ccccc1. The molecule has 2 aliphatic rings. The van der Waals surface area contributed by atoms with Crippen LogP contribution in [0.1, 0.15) is 37.7 Å². The van der Waals surface area contributed by atoms with Crippen molar-refractivity contribution in [1.82, 2.24) is 5.32 Å². The number of nitrogens with one attached hydrogen (secondary N) is 1. The third-order valence-corrected chi connectivity index (χ3v) is 5.54. The van der Waals surface area contributed by atoms with E-state index in [2.05, 4.69) is 17.4 Å². The van der Waals surface area contributed by atoms with E-state index < -0.39 is 11.9 Å². The van der Waals surface area contributed by atoms with E-state index in [0.29, 0.717) is 6.54 Å². The van der Waals surface area contributed by atoms with Crippen LogP contribution in [-0.4, -0.2) is 23.5 Å². The van der Waals surface area contributed by atoms with Gasteiger partial charge in [0.2, 0.25) is 5.91 Å². The zero-order chi connectivity index (χ0) is 16.2. The van der Waals surface area contributed by atoms with Crippen molar-refractivity contribution in [3.8, 4) is 0 Å². The third-order valence-electron chi connectivity index (χ3n) is 5.54. The van der Waals surface area contributed by atoms with Crippen LogP contribution in [0.4, 0.5) is 0 Å². The van der Waals surface area contributed by atoms with Crippen molar-refractivity contribution in [3.05, 3.63) is 35.9 Å². The summed E-state index contributed by atoms with van der Waals surface area (Å²) in [5.41, 5.74) is 1.32. The Hall–Kier alpha value is -1.84. The normalized spacial score (nSPS) is 28.7. The van der Waals surface area contributed by atoms with Gasteiger partial charge in [0.1, 0.15) is 0 Å². The molecule has 0 aromatic heterocycles. The molecule has 0 saturated heterocycles. The quantitative estimate of drug-likeness (QED) is 0.760. The molecule has 1 amide bonds. The number of rotatable bonds is 7. The minimum atomic E-state index is -0.790. The van der Waals surface area contributed by atoms with Crippen LogP contribution >= 0.6 is 0 Å². The maximum absolute atomic E-state index is 12.4. The minimum Gasteiger partial charge on any atom is -0.481 e. The summed E-state index contributed by atoms with van der Waals surface area (Å²) in [5.74, 6) is -1.10. The smallest absolute Gasteiger partial charge is 0.307 e. The van der Waals surface area contributed by atoms with Crippen LogP contribution in [0.5, 0.6) is 0 Å². The van der Waals surface area contributed by atoms with Crippen LogP contribution in [0.15, 0.2) is 30.3 Å². The Morgan fingerprint density at radius 3 is 2.43 bits per heavy atom. The van der Waals surface area contributed by atoms with Gasteiger partial charge in [0, 0.05) is 6.54 Å². The van der Waals surface area contributed by atoms with Crippen molar-refractivity contribution in [1.29, 1.82) is 0 Å². The Balaban J connectivity index is 1.42. The van der Waals surface area contributed by atoms with Gasteiger partial charge in [-0.25, -0.2) is 0 Å². The molecule has 0 spiro atoms. The van der Waals surface area contributed by atoms with Crippen molar-refractivity contribution in [2.75, 3.05) is 6.54 Å². The lowest BCUT2D eigenvalue weighted by molar-refractivity contribution is -0.149. The zero-order valence-corrected chi connectivity index (χ0v) is 13.4. The van der Waals surface area contributed by atoms with Crippen molar-refractivity contribution < 1.29 is 14.7 Å². The zero-order valence-electron chi connectivity index (χ0n) is 13.4. The number of aliphatic carboxylic acids is 1. The highest BCUT2D eigenvalue weighted by Gasteiger charge is 2.53. The van der Waals surface area contributed by atoms with E-state index in [1.54, 1.807) is 0 Å². The molecule has 0 unspecified atom stereocenters. The average molecular weight is 315 g/mol. The van der Waals surface area contributed by atoms with E-state index in [4.69, 9.17) is 0 Å². The highest BCUT2D eigenvalue weighted by atomic mass is 16.4. The summed E-state index contributed by atoms with van der Waals surface area (Å²) in [7, 11) is 0. The number of amides is 1. The summed E-state index contributed by atoms with van der Waals surface area (Å²) in [5, 5.41) is 12.4. The lowest BCUT2D eigenvalue weighted by atomic mass is 9.78. The summed E-state index contributed by atoms with van der Waals surface area (Å²) in [4.78, 5) is 23.9. The second kappa shape index (κ2) is 7.16.